The fourth-order valence-electron chi connectivity index (χ4n) is 4.59. The summed E-state index contributed by atoms with van der Waals surface area (Å²) in [5.41, 5.74) is 2.03. The zero-order chi connectivity index (χ0) is 31.5. The Morgan fingerprint density at radius 1 is 1.19 bits per heavy atom. The van der Waals surface area contributed by atoms with Gasteiger partial charge in [-0.05, 0) is 49.1 Å². The molecule has 1 aromatic carbocycles. The molecule has 0 aliphatic rings. The highest BCUT2D eigenvalue weighted by atomic mass is 19.1. The number of pyridine rings is 1. The third-order valence-electron chi connectivity index (χ3n) is 6.94. The average Bonchev–Trinajstić information content (AvgIpc) is 3.27. The number of methoxy groups -OCH3 is 1. The number of fused-ring (bicyclic) bond motifs is 1. The molecule has 0 aliphatic heterocycles. The SMILES string of the molecule is CCCc1cc(F)cc2c1nc(Cn1cccc(CC(=O)[C@H](CC/C=C/C(=O)N(C)C)NC(=O)OCCOC)c1=O)n2C. The van der Waals surface area contributed by atoms with E-state index in [2.05, 4.69) is 5.32 Å². The number of carbonyl (C=O) groups excluding carboxylic acids is 3. The van der Waals surface area contributed by atoms with E-state index in [9.17, 15) is 23.6 Å². The molecule has 43 heavy (non-hydrogen) atoms. The van der Waals surface area contributed by atoms with Crippen molar-refractivity contribution < 1.29 is 28.2 Å². The zero-order valence-electron chi connectivity index (χ0n) is 25.4. The first-order chi connectivity index (χ1) is 20.5. The van der Waals surface area contributed by atoms with Crippen LogP contribution in [0.5, 0.6) is 0 Å². The van der Waals surface area contributed by atoms with Gasteiger partial charge < -0.3 is 28.8 Å². The number of amides is 2. The number of nitrogens with zero attached hydrogens (tertiary/aromatic N) is 4. The number of imidazole rings is 1. The molecule has 0 aliphatic carbocycles. The van der Waals surface area contributed by atoms with Gasteiger partial charge in [-0.3, -0.25) is 14.4 Å². The number of likely N-dealkylation sites (N-methyl/N-ethyl adjacent to an activating group) is 1. The number of nitrogens with one attached hydrogen (secondary N) is 1. The number of hydrogen-bond donors (Lipinski definition) is 1. The van der Waals surface area contributed by atoms with Crippen LogP contribution in [0.3, 0.4) is 0 Å². The predicted octanol–water partition coefficient (Wildman–Crippen LogP) is 3.15. The normalized spacial score (nSPS) is 12.0. The van der Waals surface area contributed by atoms with Gasteiger partial charge in [-0.15, -0.1) is 0 Å². The molecule has 1 N–H and O–H groups in total. The van der Waals surface area contributed by atoms with Crippen LogP contribution < -0.4 is 10.9 Å². The fourth-order valence-corrected chi connectivity index (χ4v) is 4.59. The Labute approximate surface area is 250 Å². The monoisotopic (exact) mass is 597 g/mol. The lowest BCUT2D eigenvalue weighted by molar-refractivity contribution is -0.123. The maximum atomic E-state index is 14.3. The number of ether oxygens (including phenoxy) is 2. The number of hydrogen-bond acceptors (Lipinski definition) is 7. The van der Waals surface area contributed by atoms with Crippen molar-refractivity contribution >= 4 is 28.8 Å². The molecule has 0 fully saturated rings. The molecule has 11 nitrogen and oxygen atoms in total. The first-order valence-electron chi connectivity index (χ1n) is 14.2. The van der Waals surface area contributed by atoms with Crippen LogP contribution in [0, 0.1) is 5.82 Å². The van der Waals surface area contributed by atoms with Gasteiger partial charge in [0.2, 0.25) is 5.91 Å². The van der Waals surface area contributed by atoms with Gasteiger partial charge in [-0.25, -0.2) is 14.2 Å². The molecule has 0 unspecified atom stereocenters. The van der Waals surface area contributed by atoms with Gasteiger partial charge >= 0.3 is 6.09 Å². The van der Waals surface area contributed by atoms with E-state index in [0.29, 0.717) is 29.7 Å². The quantitative estimate of drug-likeness (QED) is 0.211. The summed E-state index contributed by atoms with van der Waals surface area (Å²) < 4.78 is 27.4. The van der Waals surface area contributed by atoms with Gasteiger partial charge in [0.05, 0.1) is 30.2 Å². The van der Waals surface area contributed by atoms with Crippen molar-refractivity contribution in [2.24, 2.45) is 7.05 Å². The van der Waals surface area contributed by atoms with E-state index in [1.807, 2.05) is 6.92 Å². The van der Waals surface area contributed by atoms with Crippen LogP contribution in [-0.2, 0) is 45.5 Å². The number of aromatic nitrogens is 3. The second kappa shape index (κ2) is 15.8. The Morgan fingerprint density at radius 2 is 1.95 bits per heavy atom. The molecule has 0 spiro atoms. The lowest BCUT2D eigenvalue weighted by atomic mass is 10.0. The second-order valence-electron chi connectivity index (χ2n) is 10.4. The topological polar surface area (TPSA) is 125 Å². The number of halogens is 1. The molecule has 2 heterocycles. The van der Waals surface area contributed by atoms with E-state index in [4.69, 9.17) is 14.5 Å². The van der Waals surface area contributed by atoms with Crippen LogP contribution in [0.1, 0.15) is 43.1 Å². The summed E-state index contributed by atoms with van der Waals surface area (Å²) in [7, 11) is 6.51. The zero-order valence-corrected chi connectivity index (χ0v) is 25.4. The predicted molar refractivity (Wildman–Crippen MR) is 160 cm³/mol. The summed E-state index contributed by atoms with van der Waals surface area (Å²) in [4.78, 5) is 57.0. The van der Waals surface area contributed by atoms with Crippen molar-refractivity contribution in [3.05, 3.63) is 75.7 Å². The summed E-state index contributed by atoms with van der Waals surface area (Å²) >= 11 is 0. The lowest BCUT2D eigenvalue weighted by Crippen LogP contribution is -2.42. The molecule has 3 aromatic rings. The van der Waals surface area contributed by atoms with Gasteiger partial charge in [0.25, 0.3) is 5.56 Å². The maximum absolute atomic E-state index is 14.3. The third-order valence-corrected chi connectivity index (χ3v) is 6.94. The molecule has 2 aromatic heterocycles. The molecule has 0 saturated heterocycles. The Bertz CT molecular complexity index is 1530. The summed E-state index contributed by atoms with van der Waals surface area (Å²) in [6, 6.07) is 5.22. The summed E-state index contributed by atoms with van der Waals surface area (Å²) in [6.07, 6.45) is 5.68. The molecule has 0 saturated carbocycles. The van der Waals surface area contributed by atoms with Crippen molar-refractivity contribution in [3.8, 4) is 0 Å². The Morgan fingerprint density at radius 3 is 2.65 bits per heavy atom. The van der Waals surface area contributed by atoms with Crippen molar-refractivity contribution in [2.45, 2.75) is 51.6 Å². The molecular weight excluding hydrogens is 557 g/mol. The molecule has 0 radical (unpaired) electrons. The lowest BCUT2D eigenvalue weighted by Gasteiger charge is -2.17. The molecule has 2 amide bonds. The van der Waals surface area contributed by atoms with Crippen LogP contribution in [-0.4, -0.2) is 77.3 Å². The van der Waals surface area contributed by atoms with Gasteiger partial charge in [0.15, 0.2) is 5.78 Å². The number of carbonyl (C=O) groups is 3. The highest BCUT2D eigenvalue weighted by molar-refractivity contribution is 5.89. The van der Waals surface area contributed by atoms with E-state index in [-0.39, 0.29) is 61.2 Å². The van der Waals surface area contributed by atoms with Crippen molar-refractivity contribution in [2.75, 3.05) is 34.4 Å². The molecule has 0 bridgehead atoms. The molecule has 232 valence electrons. The van der Waals surface area contributed by atoms with Crippen LogP contribution >= 0.6 is 0 Å². The summed E-state index contributed by atoms with van der Waals surface area (Å²) in [6.45, 7) is 2.35. The van der Waals surface area contributed by atoms with Gasteiger partial charge in [-0.2, -0.15) is 0 Å². The van der Waals surface area contributed by atoms with E-state index in [0.717, 1.165) is 12.0 Å². The van der Waals surface area contributed by atoms with E-state index in [1.165, 1.54) is 34.8 Å². The van der Waals surface area contributed by atoms with Gasteiger partial charge in [-0.1, -0.05) is 25.5 Å². The smallest absolute Gasteiger partial charge is 0.407 e. The first kappa shape index (κ1) is 33.2. The van der Waals surface area contributed by atoms with Crippen molar-refractivity contribution in [1.29, 1.82) is 0 Å². The molecule has 1 atom stereocenters. The molecular formula is C31H40FN5O6. The number of aryl methyl sites for hydroxylation is 2. The van der Waals surface area contributed by atoms with Crippen LogP contribution in [0.4, 0.5) is 9.18 Å². The maximum Gasteiger partial charge on any atom is 0.407 e. The average molecular weight is 598 g/mol. The second-order valence-corrected chi connectivity index (χ2v) is 10.4. The minimum absolute atomic E-state index is 0.0126. The highest BCUT2D eigenvalue weighted by Gasteiger charge is 2.23. The molecule has 12 heteroatoms. The Hall–Kier alpha value is -4.32. The first-order valence-corrected chi connectivity index (χ1v) is 14.2. The summed E-state index contributed by atoms with van der Waals surface area (Å²) in [5.74, 6) is -0.352. The largest absolute Gasteiger partial charge is 0.447 e. The highest BCUT2D eigenvalue weighted by Crippen LogP contribution is 2.23. The van der Waals surface area contributed by atoms with Crippen molar-refractivity contribution in [1.82, 2.24) is 24.3 Å². The van der Waals surface area contributed by atoms with Crippen molar-refractivity contribution in [3.63, 3.8) is 0 Å². The van der Waals surface area contributed by atoms with Crippen LogP contribution in [0.2, 0.25) is 0 Å². The fraction of sp³-hybridized carbons (Fsp3) is 0.452. The van der Waals surface area contributed by atoms with Gasteiger partial charge in [0.1, 0.15) is 18.2 Å². The number of ketones is 1. The van der Waals surface area contributed by atoms with E-state index >= 15 is 0 Å². The van der Waals surface area contributed by atoms with E-state index in [1.54, 1.807) is 50.1 Å². The minimum Gasteiger partial charge on any atom is -0.447 e. The number of benzene rings is 1. The Balaban J connectivity index is 1.80. The number of alkyl carbamates (subject to hydrolysis) is 1. The number of rotatable bonds is 15. The van der Waals surface area contributed by atoms with E-state index < -0.39 is 12.1 Å². The minimum atomic E-state index is -0.950. The van der Waals surface area contributed by atoms with Gasteiger partial charge in [0, 0.05) is 46.4 Å². The number of Topliss-reactive ketones (excluding diaryl/α,β-unsaturated/α-hetero) is 1. The summed E-state index contributed by atoms with van der Waals surface area (Å²) in [5, 5.41) is 2.57. The van der Waals surface area contributed by atoms with Crippen LogP contribution in [0.15, 0.2) is 47.4 Å². The standard InChI is InChI=1S/C31H40FN5O6/c1-6-10-21-17-23(32)19-25-29(21)34-27(36(25)4)20-37-14-9-11-22(30(37)40)18-26(38)24(33-31(41)43-16-15-42-5)12-7-8-13-28(39)35(2)3/h8-9,11,13-14,17,19,24H,6-7,10,12,15-16,18,20H2,1-5H3,(H,33,41)/b13-8+/t24-/m0/s1. The third kappa shape index (κ3) is 9.08. The Kier molecular flexibility index (Phi) is 12.2. The molecule has 3 rings (SSSR count). The number of allylic oxidation sites excluding steroid dienone is 1. The van der Waals surface area contributed by atoms with Crippen LogP contribution in [0.25, 0.3) is 11.0 Å².